The maximum Gasteiger partial charge on any atom is 0.319 e. The number of hydrogen-bond donors (Lipinski definition) is 3. The number of halogens is 1. The van der Waals surface area contributed by atoms with E-state index in [9.17, 15) is 17.6 Å². The third-order valence-corrected chi connectivity index (χ3v) is 5.90. The summed E-state index contributed by atoms with van der Waals surface area (Å²) in [5, 5.41) is 5.27. The molecular weight excluding hydrogens is 395 g/mol. The van der Waals surface area contributed by atoms with Gasteiger partial charge in [-0.1, -0.05) is 12.1 Å². The van der Waals surface area contributed by atoms with Crippen LogP contribution in [0.2, 0.25) is 0 Å². The maximum atomic E-state index is 14.1. The van der Waals surface area contributed by atoms with Gasteiger partial charge in [0.2, 0.25) is 9.84 Å². The smallest absolute Gasteiger partial charge is 0.319 e. The first kappa shape index (κ1) is 20.4. The summed E-state index contributed by atoms with van der Waals surface area (Å²) in [5.74, 6) is -0.848. The summed E-state index contributed by atoms with van der Waals surface area (Å²) >= 11 is 0. The summed E-state index contributed by atoms with van der Waals surface area (Å²) in [7, 11) is -4.06. The molecule has 0 aliphatic carbocycles. The summed E-state index contributed by atoms with van der Waals surface area (Å²) in [4.78, 5) is 15.4. The Labute approximate surface area is 167 Å². The Bertz CT molecular complexity index is 1100. The quantitative estimate of drug-likeness (QED) is 0.574. The molecule has 2 aromatic carbocycles. The van der Waals surface area contributed by atoms with E-state index < -0.39 is 26.6 Å². The van der Waals surface area contributed by atoms with Gasteiger partial charge in [0.05, 0.1) is 4.90 Å². The molecule has 1 heterocycles. The Balaban J connectivity index is 1.70. The van der Waals surface area contributed by atoms with Gasteiger partial charge in [-0.15, -0.1) is 0 Å². The zero-order chi connectivity index (χ0) is 20.9. The van der Waals surface area contributed by atoms with Crippen LogP contribution in [0.1, 0.15) is 11.1 Å². The molecule has 0 fully saturated rings. The summed E-state index contributed by atoms with van der Waals surface area (Å²) in [6.45, 7) is 0.392. The Morgan fingerprint density at radius 1 is 1.07 bits per heavy atom. The predicted octanol–water partition coefficient (Wildman–Crippen LogP) is 2.83. The molecule has 7 nitrogen and oxygen atoms in total. The van der Waals surface area contributed by atoms with Crippen molar-refractivity contribution in [2.45, 2.75) is 22.9 Å². The minimum absolute atomic E-state index is 0.0908. The molecule has 4 N–H and O–H groups in total. The normalized spacial score (nSPS) is 11.1. The summed E-state index contributed by atoms with van der Waals surface area (Å²) in [5.41, 5.74) is 7.25. The van der Waals surface area contributed by atoms with E-state index in [0.717, 1.165) is 11.6 Å². The van der Waals surface area contributed by atoms with Crippen molar-refractivity contribution in [2.75, 3.05) is 5.32 Å². The highest BCUT2D eigenvalue weighted by molar-refractivity contribution is 7.91. The molecule has 9 heteroatoms. The molecule has 2 amide bonds. The number of rotatable bonds is 6. The van der Waals surface area contributed by atoms with Crippen LogP contribution in [0, 0.1) is 5.82 Å². The molecular formula is C20H19FN4O3S. The van der Waals surface area contributed by atoms with Gasteiger partial charge in [0.1, 0.15) is 10.7 Å². The number of pyridine rings is 1. The van der Waals surface area contributed by atoms with Gasteiger partial charge in [0, 0.05) is 31.2 Å². The van der Waals surface area contributed by atoms with Crippen LogP contribution >= 0.6 is 0 Å². The number of carbonyl (C=O) groups excluding carboxylic acids is 1. The van der Waals surface area contributed by atoms with Crippen molar-refractivity contribution in [2.24, 2.45) is 5.73 Å². The van der Waals surface area contributed by atoms with Crippen LogP contribution in [0.15, 0.2) is 76.8 Å². The van der Waals surface area contributed by atoms with E-state index >= 15 is 0 Å². The first-order chi connectivity index (χ1) is 13.9. The van der Waals surface area contributed by atoms with Crippen LogP contribution < -0.4 is 16.4 Å². The van der Waals surface area contributed by atoms with Crippen LogP contribution in [0.25, 0.3) is 0 Å². The molecule has 0 spiro atoms. The van der Waals surface area contributed by atoms with Crippen LogP contribution in [-0.4, -0.2) is 19.4 Å². The lowest BCUT2D eigenvalue weighted by atomic mass is 10.2. The Morgan fingerprint density at radius 3 is 2.48 bits per heavy atom. The number of urea groups is 1. The van der Waals surface area contributed by atoms with Gasteiger partial charge in [-0.05, 0) is 53.6 Å². The van der Waals surface area contributed by atoms with Crippen molar-refractivity contribution < 1.29 is 17.6 Å². The number of sulfone groups is 1. The molecule has 0 bridgehead atoms. The number of nitrogens with zero attached hydrogens (tertiary/aromatic N) is 1. The predicted molar refractivity (Wildman–Crippen MR) is 106 cm³/mol. The second-order valence-corrected chi connectivity index (χ2v) is 8.08. The molecule has 29 heavy (non-hydrogen) atoms. The number of hydrogen-bond acceptors (Lipinski definition) is 5. The molecule has 0 radical (unpaired) electrons. The van der Waals surface area contributed by atoms with Gasteiger partial charge in [-0.2, -0.15) is 0 Å². The van der Waals surface area contributed by atoms with Gasteiger partial charge in [-0.25, -0.2) is 17.6 Å². The number of nitrogens with one attached hydrogen (secondary N) is 2. The molecule has 3 aromatic rings. The van der Waals surface area contributed by atoms with E-state index in [-0.39, 0.29) is 11.4 Å². The molecule has 0 aliphatic heterocycles. The number of anilines is 1. The zero-order valence-electron chi connectivity index (χ0n) is 15.3. The third-order valence-electron chi connectivity index (χ3n) is 4.12. The van der Waals surface area contributed by atoms with Crippen molar-refractivity contribution in [3.8, 4) is 0 Å². The molecule has 0 unspecified atom stereocenters. The van der Waals surface area contributed by atoms with E-state index in [1.54, 1.807) is 18.5 Å². The average molecular weight is 414 g/mol. The standard InChI is InChI=1S/C20H19FN4O3S/c21-18-8-3-14(11-22)10-19(18)29(27,28)17-6-4-16(5-7-17)25-20(26)24-13-15-2-1-9-23-12-15/h1-10,12H,11,13,22H2,(H2,24,25,26). The lowest BCUT2D eigenvalue weighted by molar-refractivity contribution is 0.251. The number of carbonyl (C=O) groups is 1. The highest BCUT2D eigenvalue weighted by atomic mass is 32.2. The minimum atomic E-state index is -4.06. The monoisotopic (exact) mass is 414 g/mol. The van der Waals surface area contributed by atoms with Crippen molar-refractivity contribution in [1.82, 2.24) is 10.3 Å². The molecule has 0 saturated heterocycles. The largest absolute Gasteiger partial charge is 0.334 e. The topological polar surface area (TPSA) is 114 Å². The lowest BCUT2D eigenvalue weighted by Crippen LogP contribution is -2.28. The lowest BCUT2D eigenvalue weighted by Gasteiger charge is -2.10. The molecule has 0 atom stereocenters. The van der Waals surface area contributed by atoms with Crippen molar-refractivity contribution >= 4 is 21.6 Å². The third kappa shape index (κ3) is 4.95. The van der Waals surface area contributed by atoms with Crippen LogP contribution in [0.5, 0.6) is 0 Å². The Hall–Kier alpha value is -3.30. The SMILES string of the molecule is NCc1ccc(F)c(S(=O)(=O)c2ccc(NC(=O)NCc3cccnc3)cc2)c1. The summed E-state index contributed by atoms with van der Waals surface area (Å²) in [6, 6.07) is 12.4. The van der Waals surface area contributed by atoms with Gasteiger partial charge >= 0.3 is 6.03 Å². The Morgan fingerprint density at radius 2 is 1.83 bits per heavy atom. The number of aromatic nitrogens is 1. The average Bonchev–Trinajstić information content (AvgIpc) is 2.73. The van der Waals surface area contributed by atoms with Crippen LogP contribution in [0.3, 0.4) is 0 Å². The number of benzene rings is 2. The maximum absolute atomic E-state index is 14.1. The van der Waals surface area contributed by atoms with Crippen molar-refractivity contribution in [1.29, 1.82) is 0 Å². The minimum Gasteiger partial charge on any atom is -0.334 e. The molecule has 0 saturated carbocycles. The number of amides is 2. The van der Waals surface area contributed by atoms with Gasteiger partial charge in [0.25, 0.3) is 0 Å². The van der Waals surface area contributed by atoms with Gasteiger partial charge in [0.15, 0.2) is 0 Å². The number of nitrogens with two attached hydrogens (primary N) is 1. The van der Waals surface area contributed by atoms with Crippen LogP contribution in [0.4, 0.5) is 14.9 Å². The van der Waals surface area contributed by atoms with Gasteiger partial charge in [-0.3, -0.25) is 4.98 Å². The highest BCUT2D eigenvalue weighted by Gasteiger charge is 2.22. The fourth-order valence-electron chi connectivity index (χ4n) is 2.59. The second kappa shape index (κ2) is 8.80. The van der Waals surface area contributed by atoms with E-state index in [2.05, 4.69) is 15.6 Å². The second-order valence-electron chi connectivity index (χ2n) is 6.17. The first-order valence-electron chi connectivity index (χ1n) is 8.67. The molecule has 150 valence electrons. The van der Waals surface area contributed by atoms with Crippen molar-refractivity contribution in [3.63, 3.8) is 0 Å². The van der Waals surface area contributed by atoms with E-state index in [4.69, 9.17) is 5.73 Å². The zero-order valence-corrected chi connectivity index (χ0v) is 16.1. The van der Waals surface area contributed by atoms with E-state index in [0.29, 0.717) is 17.8 Å². The molecule has 3 rings (SSSR count). The molecule has 1 aromatic heterocycles. The Kier molecular flexibility index (Phi) is 6.20. The molecule has 0 aliphatic rings. The highest BCUT2D eigenvalue weighted by Crippen LogP contribution is 2.25. The first-order valence-corrected chi connectivity index (χ1v) is 10.2. The fraction of sp³-hybridized carbons (Fsp3) is 0.100. The van der Waals surface area contributed by atoms with Gasteiger partial charge < -0.3 is 16.4 Å². The van der Waals surface area contributed by atoms with Crippen LogP contribution in [-0.2, 0) is 22.9 Å². The van der Waals surface area contributed by atoms with Crippen molar-refractivity contribution in [3.05, 3.63) is 83.9 Å². The summed E-state index contributed by atoms with van der Waals surface area (Å²) < 4.78 is 39.5. The summed E-state index contributed by atoms with van der Waals surface area (Å²) in [6.07, 6.45) is 3.27. The van der Waals surface area contributed by atoms with E-state index in [1.807, 2.05) is 6.07 Å². The van der Waals surface area contributed by atoms with E-state index in [1.165, 1.54) is 36.4 Å². The fourth-order valence-corrected chi connectivity index (χ4v) is 3.96.